The molecule has 14 rings (SSSR count). The molecule has 0 spiro atoms. The summed E-state index contributed by atoms with van der Waals surface area (Å²) in [4.78, 5) is 98.0. The van der Waals surface area contributed by atoms with Crippen molar-refractivity contribution in [3.05, 3.63) is 237 Å². The summed E-state index contributed by atoms with van der Waals surface area (Å²) in [6, 6.07) is 30.1. The van der Waals surface area contributed by atoms with Gasteiger partial charge in [0.1, 0.15) is 5.82 Å². The summed E-state index contributed by atoms with van der Waals surface area (Å²) >= 11 is 0. The summed E-state index contributed by atoms with van der Waals surface area (Å²) in [6.45, 7) is 30.5. The number of fused-ring (bicyclic) bond motifs is 3. The maximum absolute atomic E-state index is 13.7. The van der Waals surface area contributed by atoms with E-state index in [1.165, 1.54) is 18.4 Å². The minimum absolute atomic E-state index is 0.0104. The molecular formula is C87H104N14O7. The lowest BCUT2D eigenvalue weighted by Crippen LogP contribution is -2.43. The molecule has 564 valence electrons. The number of hydrogen-bond acceptors (Lipinski definition) is 14. The molecule has 9 heterocycles. The van der Waals surface area contributed by atoms with Crippen molar-refractivity contribution in [2.24, 2.45) is 5.92 Å². The van der Waals surface area contributed by atoms with Gasteiger partial charge in [0, 0.05) is 162 Å². The van der Waals surface area contributed by atoms with E-state index in [2.05, 4.69) is 163 Å². The number of nitriles is 1. The Kier molecular flexibility index (Phi) is 24.7. The summed E-state index contributed by atoms with van der Waals surface area (Å²) in [7, 11) is 0. The Morgan fingerprint density at radius 2 is 1.25 bits per heavy atom. The maximum atomic E-state index is 13.7. The summed E-state index contributed by atoms with van der Waals surface area (Å²) in [5.41, 5.74) is 17.1. The van der Waals surface area contributed by atoms with Gasteiger partial charge in [-0.25, -0.2) is 4.98 Å². The molecule has 5 aliphatic rings. The number of nitrogens with one attached hydrogen (secondary N) is 6. The molecule has 3 aliphatic heterocycles. The van der Waals surface area contributed by atoms with E-state index in [4.69, 9.17) is 14.8 Å². The Morgan fingerprint density at radius 3 is 1.83 bits per heavy atom. The van der Waals surface area contributed by atoms with Crippen molar-refractivity contribution < 1.29 is 19.1 Å². The first-order valence-corrected chi connectivity index (χ1v) is 38.6. The summed E-state index contributed by atoms with van der Waals surface area (Å²) in [5.74, 6) is 0.545. The van der Waals surface area contributed by atoms with Crippen LogP contribution in [0.4, 0.5) is 5.82 Å². The Morgan fingerprint density at radius 1 is 0.667 bits per heavy atom. The van der Waals surface area contributed by atoms with Crippen LogP contribution in [0.3, 0.4) is 0 Å². The molecule has 6 aromatic heterocycles. The van der Waals surface area contributed by atoms with Crippen LogP contribution in [0, 0.1) is 65.7 Å². The highest BCUT2D eigenvalue weighted by molar-refractivity contribution is 6.10. The van der Waals surface area contributed by atoms with Crippen LogP contribution in [0.5, 0.6) is 0 Å². The minimum atomic E-state index is -0.207. The summed E-state index contributed by atoms with van der Waals surface area (Å²) < 4.78 is 9.86. The number of ether oxygens (including phenoxy) is 1. The molecule has 108 heavy (non-hydrogen) atoms. The zero-order valence-electron chi connectivity index (χ0n) is 64.5. The molecule has 0 bridgehead atoms. The number of aryl methyl sites for hydroxylation is 7. The molecule has 21 heteroatoms. The number of carbonyl (C=O) groups excluding carboxylic acids is 3. The van der Waals surface area contributed by atoms with Crippen LogP contribution in [-0.4, -0.2) is 126 Å². The second-order valence-corrected chi connectivity index (χ2v) is 29.8. The second-order valence-electron chi connectivity index (χ2n) is 29.8. The predicted octanol–water partition coefficient (Wildman–Crippen LogP) is 13.4. The molecule has 3 fully saturated rings. The van der Waals surface area contributed by atoms with Crippen molar-refractivity contribution in [2.75, 3.05) is 57.4 Å². The monoisotopic (exact) mass is 1460 g/mol. The lowest BCUT2D eigenvalue weighted by Gasteiger charge is -2.36. The fourth-order valence-electron chi connectivity index (χ4n) is 16.2. The molecule has 2 amide bonds. The third kappa shape index (κ3) is 17.4. The number of amides is 2. The number of ketones is 1. The predicted molar refractivity (Wildman–Crippen MR) is 428 cm³/mol. The third-order valence-corrected chi connectivity index (χ3v) is 22.3. The average Bonchev–Trinajstić information content (AvgIpc) is 1.63. The molecular weight excluding hydrogens is 1350 g/mol. The van der Waals surface area contributed by atoms with Gasteiger partial charge < -0.3 is 50.0 Å². The van der Waals surface area contributed by atoms with Gasteiger partial charge in [-0.3, -0.25) is 38.3 Å². The molecule has 9 aromatic rings. The molecule has 3 aromatic carbocycles. The van der Waals surface area contributed by atoms with Crippen LogP contribution in [0.15, 0.2) is 147 Å². The van der Waals surface area contributed by atoms with Crippen LogP contribution in [0.2, 0.25) is 0 Å². The first-order valence-electron chi connectivity index (χ1n) is 38.6. The topological polar surface area (TPSA) is 264 Å². The number of pyridine rings is 4. The molecule has 0 radical (unpaired) electrons. The number of carbonyl (C=O) groups is 3. The molecule has 2 aliphatic carbocycles. The second kappa shape index (κ2) is 34.6. The quantitative estimate of drug-likeness (QED) is 0.0391. The molecule has 3 atom stereocenters. The van der Waals surface area contributed by atoms with Crippen molar-refractivity contribution in [3.63, 3.8) is 0 Å². The van der Waals surface area contributed by atoms with Gasteiger partial charge in [-0.05, 0) is 211 Å². The van der Waals surface area contributed by atoms with Crippen LogP contribution >= 0.6 is 0 Å². The Labute approximate surface area is 632 Å². The Balaban J connectivity index is 0.000000154. The van der Waals surface area contributed by atoms with Gasteiger partial charge in [0.15, 0.2) is 5.78 Å². The number of aromatic amines is 3. The number of rotatable bonds is 21. The van der Waals surface area contributed by atoms with E-state index in [0.717, 1.165) is 180 Å². The zero-order chi connectivity index (χ0) is 76.4. The lowest BCUT2D eigenvalue weighted by molar-refractivity contribution is -0.116. The summed E-state index contributed by atoms with van der Waals surface area (Å²) in [6.07, 6.45) is 22.0. The molecule has 1 saturated carbocycles. The van der Waals surface area contributed by atoms with Crippen LogP contribution in [0.25, 0.3) is 44.1 Å². The molecule has 2 saturated heterocycles. The fourth-order valence-corrected chi connectivity index (χ4v) is 16.2. The molecule has 2 unspecified atom stereocenters. The third-order valence-electron chi connectivity index (χ3n) is 22.3. The number of anilines is 1. The van der Waals surface area contributed by atoms with Crippen molar-refractivity contribution in [1.82, 2.24) is 60.0 Å². The van der Waals surface area contributed by atoms with Gasteiger partial charge in [0.05, 0.1) is 54.2 Å². The SMILES string of the molecule is CCC(CC)N1C=CC2C(C(=O)CCc3c(C)cc(C)[nH]c3=O)=CC(C#N)=CC21.CC[C@H](C)n1cc(C)c2c(C(=O)NCc3c(C)cc(C)[nH]c3=O)cc(-c3ccc(N4CCNCC4)nc3)cc21.Cc1cc(C)c(CNC(=O)c2cc(-c3ccc(CN4CCOCC4)cc3)cc3c2cnn3C2CCCC2)c(=O)[nH]1. The number of morpholine rings is 1. The van der Waals surface area contributed by atoms with Crippen molar-refractivity contribution in [2.45, 2.75) is 178 Å². The van der Waals surface area contributed by atoms with Gasteiger partial charge in [-0.15, -0.1) is 0 Å². The zero-order valence-corrected chi connectivity index (χ0v) is 64.5. The van der Waals surface area contributed by atoms with Crippen LogP contribution in [0.1, 0.15) is 173 Å². The first kappa shape index (κ1) is 77.1. The van der Waals surface area contributed by atoms with E-state index < -0.39 is 0 Å². The number of allylic oxidation sites excluding steroid dienone is 2. The number of piperazine rings is 1. The van der Waals surface area contributed by atoms with Gasteiger partial charge in [0.25, 0.3) is 28.5 Å². The molecule has 21 nitrogen and oxygen atoms in total. The van der Waals surface area contributed by atoms with Crippen LogP contribution in [-0.2, 0) is 35.6 Å². The first-order chi connectivity index (χ1) is 52.1. The van der Waals surface area contributed by atoms with E-state index in [0.29, 0.717) is 57.5 Å². The van der Waals surface area contributed by atoms with Gasteiger partial charge in [-0.1, -0.05) is 64.0 Å². The lowest BCUT2D eigenvalue weighted by atomic mass is 9.82. The van der Waals surface area contributed by atoms with E-state index in [-0.39, 0.29) is 71.8 Å². The van der Waals surface area contributed by atoms with Gasteiger partial charge in [-0.2, -0.15) is 10.4 Å². The highest BCUT2D eigenvalue weighted by Gasteiger charge is 2.38. The van der Waals surface area contributed by atoms with Gasteiger partial charge >= 0.3 is 0 Å². The number of aromatic nitrogens is 7. The highest BCUT2D eigenvalue weighted by atomic mass is 16.5. The number of nitrogens with zero attached hydrogens (tertiary/aromatic N) is 8. The Hall–Kier alpha value is -10.5. The summed E-state index contributed by atoms with van der Waals surface area (Å²) in [5, 5.41) is 25.4. The largest absolute Gasteiger partial charge is 0.379 e. The smallest absolute Gasteiger partial charge is 0.253 e. The van der Waals surface area contributed by atoms with Crippen LogP contribution < -0.4 is 37.5 Å². The number of Topliss-reactive ketones (excluding diaryl/α,β-unsaturated/α-hetero) is 1. The van der Waals surface area contributed by atoms with Crippen molar-refractivity contribution in [3.8, 4) is 28.3 Å². The Bertz CT molecular complexity index is 5120. The standard InChI is InChI=1S/C32H37N5O3.C31H38N6O2.C24H29N3O2/c1-21-15-22(2)35-32(39)28(21)18-33-31(38)27-16-25(17-30-29(27)19-34-37(30)26-5-3-4-6-26)24-9-7-23(8-10-24)20-36-11-13-40-14-12-36;1-6-22(5)37-18-20(3)29-25(30(38)34-17-26-19(2)13-21(4)35-31(26)39)14-24(15-27(29)37)23-7-8-28(33-16-23)36-11-9-32-10-12-36;1-5-18(6-2)27-10-9-20-21(12-17(14-25)13-22(20)27)23(28)8-7-19-15(3)11-16(4)26-24(19)29/h7-10,15-17,19,26H,3-6,11-14,18,20H2,1-2H3,(H,33,38)(H,35,39);7-8,13-16,18,22,32H,6,9-12,17H2,1-5H3,(H,34,38)(H,35,39);9-13,18,20,22H,5-8H2,1-4H3,(H,26,29)/t;22-;/m.0./s1. The van der Waals surface area contributed by atoms with Gasteiger partial charge in [0.2, 0.25) is 0 Å². The van der Waals surface area contributed by atoms with E-state index >= 15 is 0 Å². The highest BCUT2D eigenvalue weighted by Crippen LogP contribution is 2.39. The number of hydrogen-bond donors (Lipinski definition) is 6. The van der Waals surface area contributed by atoms with E-state index in [9.17, 15) is 34.0 Å². The van der Waals surface area contributed by atoms with Crippen molar-refractivity contribution >= 4 is 45.2 Å². The van der Waals surface area contributed by atoms with E-state index in [1.807, 2.05) is 90.3 Å². The fraction of sp³-hybridized carbons (Fsp3) is 0.414. The van der Waals surface area contributed by atoms with Crippen molar-refractivity contribution in [1.29, 1.82) is 5.26 Å². The molecule has 6 N–H and O–H groups in total. The normalized spacial score (nSPS) is 16.8. The van der Waals surface area contributed by atoms with E-state index in [1.54, 1.807) is 6.08 Å². The minimum Gasteiger partial charge on any atom is -0.379 e. The number of H-pyrrole nitrogens is 3. The maximum Gasteiger partial charge on any atom is 0.253 e. The number of benzene rings is 3. The average molecular weight is 1460 g/mol.